The molecule has 0 aromatic carbocycles. The number of hydrogen-bond donors (Lipinski definition) is 1. The van der Waals surface area contributed by atoms with Crippen LogP contribution in [0.3, 0.4) is 0 Å². The van der Waals surface area contributed by atoms with Crippen LogP contribution in [0.1, 0.15) is 22.2 Å². The van der Waals surface area contributed by atoms with E-state index in [1.807, 2.05) is 6.92 Å². The third-order valence-corrected chi connectivity index (χ3v) is 3.43. The van der Waals surface area contributed by atoms with Gasteiger partial charge in [-0.2, -0.15) is 5.10 Å². The van der Waals surface area contributed by atoms with Crippen molar-refractivity contribution in [1.82, 2.24) is 9.78 Å². The first-order chi connectivity index (χ1) is 9.60. The van der Waals surface area contributed by atoms with Crippen molar-refractivity contribution in [2.45, 2.75) is 20.4 Å². The molecule has 0 saturated carbocycles. The largest absolute Gasteiger partial charge is 0.462 e. The first-order valence-corrected chi connectivity index (χ1v) is 6.96. The molecule has 6 nitrogen and oxygen atoms in total. The monoisotopic (exact) mass is 293 g/mol. The Bertz CT molecular complexity index is 604. The number of esters is 1. The lowest BCUT2D eigenvalue weighted by Gasteiger charge is -2.06. The SMILES string of the molecule is CCOC(=O)c1cc(C)sc1NC(=O)Cn1cccn1. The highest BCUT2D eigenvalue weighted by molar-refractivity contribution is 7.16. The number of amides is 1. The molecule has 0 aliphatic carbocycles. The minimum Gasteiger partial charge on any atom is -0.462 e. The van der Waals surface area contributed by atoms with Crippen LogP contribution in [0.2, 0.25) is 0 Å². The number of aromatic nitrogens is 2. The maximum atomic E-state index is 11.9. The van der Waals surface area contributed by atoms with Crippen LogP contribution >= 0.6 is 11.3 Å². The average Bonchev–Trinajstić information content (AvgIpc) is 2.99. The zero-order valence-electron chi connectivity index (χ0n) is 11.3. The zero-order valence-corrected chi connectivity index (χ0v) is 12.1. The number of thiophene rings is 1. The van der Waals surface area contributed by atoms with E-state index in [0.29, 0.717) is 17.2 Å². The minimum absolute atomic E-state index is 0.103. The molecule has 0 unspecified atom stereocenters. The molecule has 2 aromatic heterocycles. The second-order valence-corrected chi connectivity index (χ2v) is 5.33. The van der Waals surface area contributed by atoms with E-state index in [2.05, 4.69) is 10.4 Å². The highest BCUT2D eigenvalue weighted by atomic mass is 32.1. The Labute approximate surface area is 120 Å². The number of nitrogens with one attached hydrogen (secondary N) is 1. The quantitative estimate of drug-likeness (QED) is 0.856. The van der Waals surface area contributed by atoms with Gasteiger partial charge in [-0.3, -0.25) is 9.48 Å². The van der Waals surface area contributed by atoms with Gasteiger partial charge in [0, 0.05) is 17.3 Å². The van der Waals surface area contributed by atoms with Gasteiger partial charge in [0.1, 0.15) is 11.5 Å². The van der Waals surface area contributed by atoms with Gasteiger partial charge in [0.25, 0.3) is 0 Å². The van der Waals surface area contributed by atoms with Crippen molar-refractivity contribution in [3.63, 3.8) is 0 Å². The molecular formula is C13H15N3O3S. The molecule has 0 aliphatic heterocycles. The average molecular weight is 293 g/mol. The predicted molar refractivity (Wildman–Crippen MR) is 75.9 cm³/mol. The maximum absolute atomic E-state index is 11.9. The Balaban J connectivity index is 2.08. The van der Waals surface area contributed by atoms with Crippen LogP contribution in [-0.4, -0.2) is 28.3 Å². The maximum Gasteiger partial charge on any atom is 0.341 e. The fraction of sp³-hybridized carbons (Fsp3) is 0.308. The van der Waals surface area contributed by atoms with Crippen LogP contribution in [-0.2, 0) is 16.1 Å². The summed E-state index contributed by atoms with van der Waals surface area (Å²) in [6, 6.07) is 3.46. The molecule has 7 heteroatoms. The number of anilines is 1. The van der Waals surface area contributed by atoms with Crippen molar-refractivity contribution < 1.29 is 14.3 Å². The number of hydrogen-bond acceptors (Lipinski definition) is 5. The minimum atomic E-state index is -0.425. The molecule has 106 valence electrons. The summed E-state index contributed by atoms with van der Waals surface area (Å²) in [6.45, 7) is 4.02. The van der Waals surface area contributed by atoms with Crippen molar-refractivity contribution >= 4 is 28.2 Å². The summed E-state index contributed by atoms with van der Waals surface area (Å²) in [5.41, 5.74) is 0.392. The first-order valence-electron chi connectivity index (χ1n) is 6.15. The van der Waals surface area contributed by atoms with Gasteiger partial charge in [0.15, 0.2) is 0 Å². The molecule has 0 spiro atoms. The Kier molecular flexibility index (Phi) is 4.52. The molecule has 0 aliphatic rings. The molecule has 0 atom stereocenters. The third kappa shape index (κ3) is 3.45. The summed E-state index contributed by atoms with van der Waals surface area (Å²) in [5.74, 6) is -0.660. The molecule has 20 heavy (non-hydrogen) atoms. The fourth-order valence-electron chi connectivity index (χ4n) is 1.67. The summed E-state index contributed by atoms with van der Waals surface area (Å²) in [4.78, 5) is 24.6. The lowest BCUT2D eigenvalue weighted by molar-refractivity contribution is -0.116. The Hall–Kier alpha value is -2.15. The van der Waals surface area contributed by atoms with Crippen LogP contribution < -0.4 is 5.32 Å². The van der Waals surface area contributed by atoms with Gasteiger partial charge >= 0.3 is 5.97 Å². The Morgan fingerprint density at radius 2 is 2.30 bits per heavy atom. The molecule has 2 rings (SSSR count). The summed E-state index contributed by atoms with van der Waals surface area (Å²) in [5, 5.41) is 7.20. The van der Waals surface area contributed by atoms with Crippen molar-refractivity contribution in [3.8, 4) is 0 Å². The van der Waals surface area contributed by atoms with Crippen LogP contribution in [0.4, 0.5) is 5.00 Å². The van der Waals surface area contributed by atoms with Crippen molar-refractivity contribution in [3.05, 3.63) is 35.0 Å². The normalized spacial score (nSPS) is 10.3. The lowest BCUT2D eigenvalue weighted by atomic mass is 10.3. The number of carbonyl (C=O) groups excluding carboxylic acids is 2. The van der Waals surface area contributed by atoms with E-state index in [1.54, 1.807) is 31.5 Å². The standard InChI is InChI=1S/C13H15N3O3S/c1-3-19-13(18)10-7-9(2)20-12(10)15-11(17)8-16-6-4-5-14-16/h4-7H,3,8H2,1-2H3,(H,15,17). The van der Waals surface area contributed by atoms with Crippen LogP contribution in [0.25, 0.3) is 0 Å². The van der Waals surface area contributed by atoms with E-state index in [0.717, 1.165) is 4.88 Å². The Morgan fingerprint density at radius 1 is 1.50 bits per heavy atom. The molecule has 0 saturated heterocycles. The van der Waals surface area contributed by atoms with E-state index in [9.17, 15) is 9.59 Å². The molecule has 2 aromatic rings. The van der Waals surface area contributed by atoms with Gasteiger partial charge in [-0.15, -0.1) is 11.3 Å². The van der Waals surface area contributed by atoms with Gasteiger partial charge in [-0.05, 0) is 26.0 Å². The van der Waals surface area contributed by atoms with Crippen LogP contribution in [0.5, 0.6) is 0 Å². The van der Waals surface area contributed by atoms with E-state index in [4.69, 9.17) is 4.74 Å². The lowest BCUT2D eigenvalue weighted by Crippen LogP contribution is -2.19. The zero-order chi connectivity index (χ0) is 14.5. The molecule has 0 radical (unpaired) electrons. The molecule has 0 fully saturated rings. The van der Waals surface area contributed by atoms with Crippen LogP contribution in [0, 0.1) is 6.92 Å². The first kappa shape index (κ1) is 14.3. The number of carbonyl (C=O) groups is 2. The molecule has 1 N–H and O–H groups in total. The summed E-state index contributed by atoms with van der Waals surface area (Å²) >= 11 is 1.35. The smallest absolute Gasteiger partial charge is 0.341 e. The molecule has 0 bridgehead atoms. The van der Waals surface area contributed by atoms with Gasteiger partial charge in [0.05, 0.1) is 12.2 Å². The fourth-order valence-corrected chi connectivity index (χ4v) is 2.59. The second-order valence-electron chi connectivity index (χ2n) is 4.07. The topological polar surface area (TPSA) is 73.2 Å². The van der Waals surface area contributed by atoms with E-state index >= 15 is 0 Å². The van der Waals surface area contributed by atoms with E-state index in [-0.39, 0.29) is 12.5 Å². The van der Waals surface area contributed by atoms with E-state index in [1.165, 1.54) is 16.0 Å². The van der Waals surface area contributed by atoms with E-state index < -0.39 is 5.97 Å². The van der Waals surface area contributed by atoms with Crippen LogP contribution in [0.15, 0.2) is 24.5 Å². The molecular weight excluding hydrogens is 278 g/mol. The molecule has 1 amide bonds. The number of aryl methyl sites for hydroxylation is 1. The van der Waals surface area contributed by atoms with Gasteiger partial charge < -0.3 is 10.1 Å². The number of rotatable bonds is 5. The summed E-state index contributed by atoms with van der Waals surface area (Å²) < 4.78 is 6.48. The highest BCUT2D eigenvalue weighted by Gasteiger charge is 2.17. The summed E-state index contributed by atoms with van der Waals surface area (Å²) in [7, 11) is 0. The van der Waals surface area contributed by atoms with Gasteiger partial charge in [-0.25, -0.2) is 4.79 Å². The number of nitrogens with zero attached hydrogens (tertiary/aromatic N) is 2. The summed E-state index contributed by atoms with van der Waals surface area (Å²) in [6.07, 6.45) is 3.30. The van der Waals surface area contributed by atoms with Crippen molar-refractivity contribution in [1.29, 1.82) is 0 Å². The van der Waals surface area contributed by atoms with Gasteiger partial charge in [-0.1, -0.05) is 0 Å². The third-order valence-electron chi connectivity index (χ3n) is 2.47. The highest BCUT2D eigenvalue weighted by Crippen LogP contribution is 2.28. The van der Waals surface area contributed by atoms with Crippen molar-refractivity contribution in [2.75, 3.05) is 11.9 Å². The molecule has 2 heterocycles. The van der Waals surface area contributed by atoms with Crippen molar-refractivity contribution in [2.24, 2.45) is 0 Å². The predicted octanol–water partition coefficient (Wildman–Crippen LogP) is 2.07. The number of ether oxygens (including phenoxy) is 1. The van der Waals surface area contributed by atoms with Gasteiger partial charge in [0.2, 0.25) is 5.91 Å². The second kappa shape index (κ2) is 6.33. The Morgan fingerprint density at radius 3 is 2.95 bits per heavy atom.